The van der Waals surface area contributed by atoms with Crippen molar-refractivity contribution in [2.75, 3.05) is 32.8 Å². The number of ether oxygens (including phenoxy) is 3. The maximum absolute atomic E-state index is 11.9. The number of nitrogens with zero attached hydrogens (tertiary/aromatic N) is 4. The number of halogens is 2. The summed E-state index contributed by atoms with van der Waals surface area (Å²) in [7, 11) is 3.02. The second kappa shape index (κ2) is 10.9. The van der Waals surface area contributed by atoms with E-state index in [1.54, 1.807) is 18.5 Å². The third-order valence-electron chi connectivity index (χ3n) is 6.28. The highest BCUT2D eigenvalue weighted by atomic mass is 35.5. The van der Waals surface area contributed by atoms with Crippen LogP contribution in [0.25, 0.3) is 33.2 Å². The van der Waals surface area contributed by atoms with Gasteiger partial charge in [-0.25, -0.2) is 15.0 Å². The van der Waals surface area contributed by atoms with Crippen LogP contribution in [0.3, 0.4) is 0 Å². The van der Waals surface area contributed by atoms with E-state index in [2.05, 4.69) is 27.2 Å². The Morgan fingerprint density at radius 1 is 1.13 bits per heavy atom. The van der Waals surface area contributed by atoms with Crippen molar-refractivity contribution < 1.29 is 19.0 Å². The first-order valence-corrected chi connectivity index (χ1v) is 12.5. The number of hydrogen-bond acceptors (Lipinski definition) is 9. The number of aromatic nitrogens is 4. The molecule has 0 aliphatic carbocycles. The van der Waals surface area contributed by atoms with Crippen LogP contribution in [0.1, 0.15) is 6.42 Å². The standard InChI is InChI=1S/C26H24Cl2N6O4/c1-4-19(35)31-14-7-9-38-12-16(14)33-26-30-11-15-23(34-26)13-6-5-8-29-24(13)25(32-15)20-21(27)17(36-2)10-18(37-3)22(20)28/h4-6,8,10-11,14,16H,1,7,9,12H2,2-3H3,(H,31,35)(H,30,33,34)/t14-,16+/m0/s1. The SMILES string of the molecule is C=CC(=O)N[C@H]1CCOC[C@H]1Nc1ncc2nc(-c3c(Cl)c(OC)cc(OC)c3Cl)c3ncccc3c2n1. The van der Waals surface area contributed by atoms with Crippen LogP contribution in [-0.2, 0) is 9.53 Å². The van der Waals surface area contributed by atoms with Gasteiger partial charge in [0.25, 0.3) is 0 Å². The lowest BCUT2D eigenvalue weighted by atomic mass is 10.0. The summed E-state index contributed by atoms with van der Waals surface area (Å²) in [6, 6.07) is 4.92. The summed E-state index contributed by atoms with van der Waals surface area (Å²) in [6.45, 7) is 4.46. The zero-order chi connectivity index (χ0) is 26.8. The first kappa shape index (κ1) is 25.9. The Bertz CT molecular complexity index is 1520. The molecule has 12 heteroatoms. The molecular formula is C26H24Cl2N6O4. The number of amides is 1. The highest BCUT2D eigenvalue weighted by molar-refractivity contribution is 6.41. The molecule has 1 aliphatic heterocycles. The minimum Gasteiger partial charge on any atom is -0.495 e. The van der Waals surface area contributed by atoms with E-state index in [1.807, 2.05) is 12.1 Å². The maximum Gasteiger partial charge on any atom is 0.243 e. The Balaban J connectivity index is 1.62. The monoisotopic (exact) mass is 554 g/mol. The highest BCUT2D eigenvalue weighted by Crippen LogP contribution is 2.47. The number of benzene rings is 1. The van der Waals surface area contributed by atoms with Crippen LogP contribution in [0.15, 0.2) is 43.2 Å². The van der Waals surface area contributed by atoms with E-state index >= 15 is 0 Å². The largest absolute Gasteiger partial charge is 0.495 e. The van der Waals surface area contributed by atoms with E-state index in [0.717, 1.165) is 5.39 Å². The molecule has 0 bridgehead atoms. The molecule has 4 heterocycles. The van der Waals surface area contributed by atoms with Gasteiger partial charge in [-0.15, -0.1) is 0 Å². The molecule has 1 amide bonds. The van der Waals surface area contributed by atoms with Gasteiger partial charge in [0.15, 0.2) is 0 Å². The molecular weight excluding hydrogens is 531 g/mol. The van der Waals surface area contributed by atoms with Gasteiger partial charge in [0.1, 0.15) is 28.2 Å². The van der Waals surface area contributed by atoms with Gasteiger partial charge < -0.3 is 24.8 Å². The van der Waals surface area contributed by atoms with Crippen LogP contribution in [0.2, 0.25) is 10.0 Å². The molecule has 2 N–H and O–H groups in total. The molecule has 38 heavy (non-hydrogen) atoms. The van der Waals surface area contributed by atoms with Crippen molar-refractivity contribution in [3.8, 4) is 22.8 Å². The normalized spacial score (nSPS) is 17.3. The Morgan fingerprint density at radius 3 is 2.61 bits per heavy atom. The molecule has 0 unspecified atom stereocenters. The second-order valence-electron chi connectivity index (χ2n) is 8.51. The van der Waals surface area contributed by atoms with Gasteiger partial charge in [0.05, 0.1) is 54.7 Å². The topological polar surface area (TPSA) is 120 Å². The number of carbonyl (C=O) groups excluding carboxylic acids is 1. The molecule has 196 valence electrons. The average molecular weight is 555 g/mol. The Hall–Kier alpha value is -3.73. The van der Waals surface area contributed by atoms with Crippen molar-refractivity contribution in [3.05, 3.63) is 53.3 Å². The van der Waals surface area contributed by atoms with E-state index < -0.39 is 0 Å². The summed E-state index contributed by atoms with van der Waals surface area (Å²) in [5, 5.41) is 7.51. The number of fused-ring (bicyclic) bond motifs is 3. The van der Waals surface area contributed by atoms with Crippen molar-refractivity contribution in [3.63, 3.8) is 0 Å². The van der Waals surface area contributed by atoms with Gasteiger partial charge in [-0.3, -0.25) is 9.78 Å². The molecule has 5 rings (SSSR count). The van der Waals surface area contributed by atoms with Crippen LogP contribution in [0, 0.1) is 0 Å². The van der Waals surface area contributed by atoms with Crippen LogP contribution < -0.4 is 20.1 Å². The molecule has 2 atom stereocenters. The van der Waals surface area contributed by atoms with E-state index in [4.69, 9.17) is 47.4 Å². The number of methoxy groups -OCH3 is 2. The van der Waals surface area contributed by atoms with Crippen molar-refractivity contribution in [1.29, 1.82) is 0 Å². The zero-order valence-electron chi connectivity index (χ0n) is 20.6. The van der Waals surface area contributed by atoms with Crippen molar-refractivity contribution in [2.45, 2.75) is 18.5 Å². The number of rotatable bonds is 7. The Labute approximate surface area is 228 Å². The lowest BCUT2D eigenvalue weighted by Crippen LogP contribution is -2.52. The third kappa shape index (κ3) is 4.78. The summed E-state index contributed by atoms with van der Waals surface area (Å²) in [6.07, 6.45) is 5.16. The number of anilines is 1. The summed E-state index contributed by atoms with van der Waals surface area (Å²) in [4.78, 5) is 30.5. The molecule has 0 spiro atoms. The fourth-order valence-corrected chi connectivity index (χ4v) is 5.09. The number of nitrogens with one attached hydrogen (secondary N) is 2. The van der Waals surface area contributed by atoms with E-state index in [0.29, 0.717) is 64.9 Å². The van der Waals surface area contributed by atoms with Crippen LogP contribution >= 0.6 is 23.2 Å². The Morgan fingerprint density at radius 2 is 1.89 bits per heavy atom. The summed E-state index contributed by atoms with van der Waals surface area (Å²) < 4.78 is 16.5. The van der Waals surface area contributed by atoms with Gasteiger partial charge in [0, 0.05) is 29.8 Å². The summed E-state index contributed by atoms with van der Waals surface area (Å²) in [5.74, 6) is 0.892. The molecule has 1 fully saturated rings. The van der Waals surface area contributed by atoms with Gasteiger partial charge in [-0.2, -0.15) is 0 Å². The Kier molecular flexibility index (Phi) is 7.46. The summed E-state index contributed by atoms with van der Waals surface area (Å²) in [5.41, 5.74) is 2.51. The van der Waals surface area contributed by atoms with Crippen molar-refractivity contribution in [2.24, 2.45) is 0 Å². The summed E-state index contributed by atoms with van der Waals surface area (Å²) >= 11 is 13.4. The molecule has 4 aromatic rings. The molecule has 1 saturated heterocycles. The van der Waals surface area contributed by atoms with E-state index in [1.165, 1.54) is 20.3 Å². The van der Waals surface area contributed by atoms with Gasteiger partial charge in [-0.05, 0) is 24.6 Å². The fraction of sp³-hybridized carbons (Fsp3) is 0.269. The highest BCUT2D eigenvalue weighted by Gasteiger charge is 2.28. The van der Waals surface area contributed by atoms with Crippen LogP contribution in [0.4, 0.5) is 5.95 Å². The van der Waals surface area contributed by atoms with Gasteiger partial charge in [-0.1, -0.05) is 29.8 Å². The molecule has 0 saturated carbocycles. The minimum atomic E-state index is -0.247. The molecule has 10 nitrogen and oxygen atoms in total. The van der Waals surface area contributed by atoms with E-state index in [9.17, 15) is 4.79 Å². The first-order valence-electron chi connectivity index (χ1n) is 11.7. The molecule has 0 radical (unpaired) electrons. The van der Waals surface area contributed by atoms with E-state index in [-0.39, 0.29) is 28.0 Å². The second-order valence-corrected chi connectivity index (χ2v) is 9.26. The third-order valence-corrected chi connectivity index (χ3v) is 7.03. The minimum absolute atomic E-state index is 0.167. The smallest absolute Gasteiger partial charge is 0.243 e. The fourth-order valence-electron chi connectivity index (χ4n) is 4.41. The van der Waals surface area contributed by atoms with Gasteiger partial charge >= 0.3 is 0 Å². The quantitative estimate of drug-likeness (QED) is 0.252. The van der Waals surface area contributed by atoms with Crippen LogP contribution in [-0.4, -0.2) is 65.4 Å². The molecule has 1 aliphatic rings. The predicted molar refractivity (Wildman–Crippen MR) is 146 cm³/mol. The molecule has 1 aromatic carbocycles. The first-order chi connectivity index (χ1) is 18.4. The van der Waals surface area contributed by atoms with Gasteiger partial charge in [0.2, 0.25) is 11.9 Å². The number of carbonyl (C=O) groups is 1. The number of pyridine rings is 2. The van der Waals surface area contributed by atoms with Crippen molar-refractivity contribution >= 4 is 57.0 Å². The molecule has 3 aromatic heterocycles. The predicted octanol–water partition coefficient (Wildman–Crippen LogP) is 4.44. The lowest BCUT2D eigenvalue weighted by Gasteiger charge is -2.32. The zero-order valence-corrected chi connectivity index (χ0v) is 22.1. The number of hydrogen-bond donors (Lipinski definition) is 2. The lowest BCUT2D eigenvalue weighted by molar-refractivity contribution is -0.117. The average Bonchev–Trinajstić information content (AvgIpc) is 2.94. The van der Waals surface area contributed by atoms with Crippen LogP contribution in [0.5, 0.6) is 11.5 Å². The maximum atomic E-state index is 11.9. The van der Waals surface area contributed by atoms with Crippen molar-refractivity contribution in [1.82, 2.24) is 25.3 Å².